The van der Waals surface area contributed by atoms with E-state index in [-0.39, 0.29) is 11.3 Å². The van der Waals surface area contributed by atoms with Gasteiger partial charge in [0.1, 0.15) is 12.4 Å². The van der Waals surface area contributed by atoms with Crippen LogP contribution in [0.3, 0.4) is 0 Å². The number of carbonyl (C=O) groups is 1. The van der Waals surface area contributed by atoms with Gasteiger partial charge in [0, 0.05) is 33.4 Å². The molecule has 0 aliphatic heterocycles. The number of aromatic nitrogens is 2. The average molecular weight is 508 g/mol. The molecule has 0 bridgehead atoms. The fourth-order valence-corrected chi connectivity index (χ4v) is 4.09. The van der Waals surface area contributed by atoms with Crippen molar-refractivity contribution in [3.8, 4) is 5.75 Å². The molecular formula is C28H27Cl2N3O2. The number of benzene rings is 3. The zero-order valence-corrected chi connectivity index (χ0v) is 21.4. The Hall–Kier alpha value is -3.28. The summed E-state index contributed by atoms with van der Waals surface area (Å²) in [7, 11) is 0. The third-order valence-electron chi connectivity index (χ3n) is 5.58. The molecule has 3 aromatic carbocycles. The van der Waals surface area contributed by atoms with Gasteiger partial charge in [-0.3, -0.25) is 9.48 Å². The molecule has 4 aromatic rings. The number of anilines is 1. The van der Waals surface area contributed by atoms with E-state index in [0.717, 1.165) is 16.9 Å². The zero-order valence-electron chi connectivity index (χ0n) is 19.9. The summed E-state index contributed by atoms with van der Waals surface area (Å²) in [4.78, 5) is 12.8. The highest BCUT2D eigenvalue weighted by molar-refractivity contribution is 6.35. The van der Waals surface area contributed by atoms with Crippen LogP contribution in [-0.2, 0) is 18.6 Å². The molecular weight excluding hydrogens is 481 g/mol. The van der Waals surface area contributed by atoms with Gasteiger partial charge >= 0.3 is 0 Å². The van der Waals surface area contributed by atoms with Crippen LogP contribution in [0.2, 0.25) is 10.0 Å². The average Bonchev–Trinajstić information content (AvgIpc) is 3.27. The van der Waals surface area contributed by atoms with E-state index in [1.54, 1.807) is 41.2 Å². The maximum absolute atomic E-state index is 12.8. The van der Waals surface area contributed by atoms with Crippen molar-refractivity contribution in [2.24, 2.45) is 0 Å². The van der Waals surface area contributed by atoms with Crippen molar-refractivity contribution in [3.63, 3.8) is 0 Å². The lowest BCUT2D eigenvalue weighted by Crippen LogP contribution is -2.13. The Bertz CT molecular complexity index is 1300. The van der Waals surface area contributed by atoms with Gasteiger partial charge in [0.2, 0.25) is 0 Å². The normalized spacial score (nSPS) is 11.3. The summed E-state index contributed by atoms with van der Waals surface area (Å²) in [5.41, 5.74) is 3.55. The van der Waals surface area contributed by atoms with Crippen LogP contribution in [0.25, 0.3) is 0 Å². The Labute approximate surface area is 215 Å². The molecule has 5 nitrogen and oxygen atoms in total. The molecule has 0 atom stereocenters. The van der Waals surface area contributed by atoms with Crippen LogP contribution in [0.1, 0.15) is 47.8 Å². The number of nitrogens with zero attached hydrogens (tertiary/aromatic N) is 2. The van der Waals surface area contributed by atoms with E-state index in [0.29, 0.717) is 34.6 Å². The first-order valence-electron chi connectivity index (χ1n) is 11.3. The van der Waals surface area contributed by atoms with Gasteiger partial charge in [-0.25, -0.2) is 0 Å². The summed E-state index contributed by atoms with van der Waals surface area (Å²) in [6.07, 6.45) is 1.77. The van der Waals surface area contributed by atoms with Crippen LogP contribution in [0.4, 0.5) is 5.82 Å². The van der Waals surface area contributed by atoms with Crippen molar-refractivity contribution in [1.29, 1.82) is 0 Å². The van der Waals surface area contributed by atoms with E-state index < -0.39 is 0 Å². The molecule has 0 fully saturated rings. The predicted octanol–water partition coefficient (Wildman–Crippen LogP) is 7.37. The van der Waals surface area contributed by atoms with Crippen LogP contribution >= 0.6 is 23.2 Å². The lowest BCUT2D eigenvalue weighted by molar-refractivity contribution is 0.102. The lowest BCUT2D eigenvalue weighted by atomic mass is 9.87. The van der Waals surface area contributed by atoms with Gasteiger partial charge in [0.25, 0.3) is 5.91 Å². The maximum Gasteiger partial charge on any atom is 0.256 e. The van der Waals surface area contributed by atoms with Gasteiger partial charge in [0.15, 0.2) is 5.82 Å². The lowest BCUT2D eigenvalue weighted by Gasteiger charge is -2.19. The summed E-state index contributed by atoms with van der Waals surface area (Å²) < 4.78 is 7.60. The van der Waals surface area contributed by atoms with Crippen molar-refractivity contribution in [3.05, 3.63) is 111 Å². The van der Waals surface area contributed by atoms with Crippen LogP contribution < -0.4 is 10.1 Å². The molecule has 180 valence electrons. The SMILES string of the molecule is CC(C)(C)c1ccc(OCc2cccc(C(=O)Nc3ccn(Cc4c(Cl)cccc4Cl)n3)c2)cc1. The number of hydrogen-bond donors (Lipinski definition) is 1. The van der Waals surface area contributed by atoms with Gasteiger partial charge < -0.3 is 10.1 Å². The fourth-order valence-electron chi connectivity index (χ4n) is 3.57. The van der Waals surface area contributed by atoms with Gasteiger partial charge in [0.05, 0.1) is 6.54 Å². The largest absolute Gasteiger partial charge is 0.489 e. The Kier molecular flexibility index (Phi) is 7.48. The van der Waals surface area contributed by atoms with Crippen molar-refractivity contribution in [1.82, 2.24) is 9.78 Å². The molecule has 0 unspecified atom stereocenters. The molecule has 1 N–H and O–H groups in total. The summed E-state index contributed by atoms with van der Waals surface area (Å²) in [5.74, 6) is 0.984. The van der Waals surface area contributed by atoms with E-state index in [1.165, 1.54) is 5.56 Å². The molecule has 1 amide bonds. The third kappa shape index (κ3) is 6.44. The van der Waals surface area contributed by atoms with E-state index in [2.05, 4.69) is 43.3 Å². The molecule has 35 heavy (non-hydrogen) atoms. The van der Waals surface area contributed by atoms with Crippen LogP contribution in [0, 0.1) is 0 Å². The summed E-state index contributed by atoms with van der Waals surface area (Å²) in [6, 6.07) is 22.6. The Morgan fingerprint density at radius 1 is 0.971 bits per heavy atom. The minimum absolute atomic E-state index is 0.0949. The first-order valence-corrected chi connectivity index (χ1v) is 12.0. The second kappa shape index (κ2) is 10.5. The topological polar surface area (TPSA) is 56.1 Å². The molecule has 0 aliphatic rings. The number of hydrogen-bond acceptors (Lipinski definition) is 3. The molecule has 1 aromatic heterocycles. The summed E-state index contributed by atoms with van der Waals surface area (Å²) in [5, 5.41) is 8.40. The van der Waals surface area contributed by atoms with E-state index in [1.807, 2.05) is 30.3 Å². The molecule has 7 heteroatoms. The predicted molar refractivity (Wildman–Crippen MR) is 142 cm³/mol. The first kappa shape index (κ1) is 24.8. The Morgan fingerprint density at radius 2 is 1.66 bits per heavy atom. The number of ether oxygens (including phenoxy) is 1. The fraction of sp³-hybridized carbons (Fsp3) is 0.214. The number of amides is 1. The molecule has 4 rings (SSSR count). The Morgan fingerprint density at radius 3 is 2.34 bits per heavy atom. The van der Waals surface area contributed by atoms with Crippen molar-refractivity contribution >= 4 is 34.9 Å². The molecule has 1 heterocycles. The van der Waals surface area contributed by atoms with Crippen LogP contribution in [0.15, 0.2) is 79.0 Å². The molecule has 0 aliphatic carbocycles. The minimum Gasteiger partial charge on any atom is -0.489 e. The van der Waals surface area contributed by atoms with Gasteiger partial charge in [-0.1, -0.05) is 74.3 Å². The second-order valence-electron chi connectivity index (χ2n) is 9.32. The smallest absolute Gasteiger partial charge is 0.256 e. The van der Waals surface area contributed by atoms with E-state index >= 15 is 0 Å². The van der Waals surface area contributed by atoms with Crippen LogP contribution in [0.5, 0.6) is 5.75 Å². The molecule has 0 radical (unpaired) electrons. The van der Waals surface area contributed by atoms with Gasteiger partial charge in [-0.05, 0) is 52.9 Å². The highest BCUT2D eigenvalue weighted by Gasteiger charge is 2.14. The number of carbonyl (C=O) groups excluding carboxylic acids is 1. The zero-order chi connectivity index (χ0) is 25.0. The number of nitrogens with one attached hydrogen (secondary N) is 1. The highest BCUT2D eigenvalue weighted by atomic mass is 35.5. The van der Waals surface area contributed by atoms with E-state index in [4.69, 9.17) is 27.9 Å². The van der Waals surface area contributed by atoms with Crippen molar-refractivity contribution in [2.45, 2.75) is 39.3 Å². The standard InChI is InChI=1S/C28H27Cl2N3O2/c1-28(2,3)21-10-12-22(13-11-21)35-18-19-6-4-7-20(16-19)27(34)31-26-14-15-33(32-26)17-23-24(29)8-5-9-25(23)30/h4-16H,17-18H2,1-3H3,(H,31,32,34). The Balaban J connectivity index is 1.37. The second-order valence-corrected chi connectivity index (χ2v) is 10.1. The highest BCUT2D eigenvalue weighted by Crippen LogP contribution is 2.26. The number of halogens is 2. The maximum atomic E-state index is 12.8. The van der Waals surface area contributed by atoms with Crippen LogP contribution in [-0.4, -0.2) is 15.7 Å². The van der Waals surface area contributed by atoms with Gasteiger partial charge in [-0.2, -0.15) is 5.10 Å². The number of rotatable bonds is 7. The third-order valence-corrected chi connectivity index (χ3v) is 6.29. The first-order chi connectivity index (χ1) is 16.7. The minimum atomic E-state index is -0.248. The molecule has 0 saturated heterocycles. The molecule has 0 saturated carbocycles. The van der Waals surface area contributed by atoms with Crippen molar-refractivity contribution < 1.29 is 9.53 Å². The van der Waals surface area contributed by atoms with E-state index in [9.17, 15) is 4.79 Å². The summed E-state index contributed by atoms with van der Waals surface area (Å²) in [6.45, 7) is 7.30. The molecule has 0 spiro atoms. The summed E-state index contributed by atoms with van der Waals surface area (Å²) >= 11 is 12.5. The van der Waals surface area contributed by atoms with Crippen molar-refractivity contribution in [2.75, 3.05) is 5.32 Å². The van der Waals surface area contributed by atoms with Gasteiger partial charge in [-0.15, -0.1) is 0 Å². The quantitative estimate of drug-likeness (QED) is 0.284. The monoisotopic (exact) mass is 507 g/mol.